The minimum Gasteiger partial charge on any atom is -0.478 e. The molecule has 1 aromatic rings. The zero-order chi connectivity index (χ0) is 12.0. The molecule has 1 aliphatic carbocycles. The SMILES string of the molecule is O=C1COc2c(F)cc(Br)cc2N1CC1CC1. The van der Waals surface area contributed by atoms with Gasteiger partial charge < -0.3 is 9.64 Å². The summed E-state index contributed by atoms with van der Waals surface area (Å²) in [5.41, 5.74) is 0.542. The van der Waals surface area contributed by atoms with Crippen molar-refractivity contribution in [2.75, 3.05) is 18.1 Å². The first kappa shape index (κ1) is 11.0. The predicted molar refractivity (Wildman–Crippen MR) is 64.7 cm³/mol. The molecule has 0 bridgehead atoms. The number of benzene rings is 1. The van der Waals surface area contributed by atoms with Crippen molar-refractivity contribution in [1.29, 1.82) is 0 Å². The quantitative estimate of drug-likeness (QED) is 0.840. The van der Waals surface area contributed by atoms with Crippen molar-refractivity contribution in [1.82, 2.24) is 0 Å². The van der Waals surface area contributed by atoms with Crippen molar-refractivity contribution < 1.29 is 13.9 Å². The van der Waals surface area contributed by atoms with Crippen molar-refractivity contribution in [3.63, 3.8) is 0 Å². The average molecular weight is 300 g/mol. The number of rotatable bonds is 2. The number of halogens is 2. The molecular formula is C12H11BrFNO2. The molecule has 0 unspecified atom stereocenters. The molecule has 0 atom stereocenters. The fourth-order valence-corrected chi connectivity index (χ4v) is 2.41. The van der Waals surface area contributed by atoms with E-state index in [1.807, 2.05) is 0 Å². The molecule has 0 spiro atoms. The lowest BCUT2D eigenvalue weighted by atomic mass is 10.2. The summed E-state index contributed by atoms with van der Waals surface area (Å²) in [7, 11) is 0. The van der Waals surface area contributed by atoms with Gasteiger partial charge in [-0.05, 0) is 30.9 Å². The van der Waals surface area contributed by atoms with Gasteiger partial charge in [-0.2, -0.15) is 0 Å². The maximum Gasteiger partial charge on any atom is 0.265 e. The first-order valence-corrected chi connectivity index (χ1v) is 6.36. The fraction of sp³-hybridized carbons (Fsp3) is 0.417. The number of carbonyl (C=O) groups is 1. The molecule has 0 saturated heterocycles. The molecule has 1 aliphatic heterocycles. The molecular weight excluding hydrogens is 289 g/mol. The number of carbonyl (C=O) groups excluding carboxylic acids is 1. The van der Waals surface area contributed by atoms with Gasteiger partial charge in [0.2, 0.25) is 0 Å². The van der Waals surface area contributed by atoms with E-state index >= 15 is 0 Å². The summed E-state index contributed by atoms with van der Waals surface area (Å²) in [6.07, 6.45) is 2.30. The molecule has 1 fully saturated rings. The molecule has 5 heteroatoms. The first-order chi connectivity index (χ1) is 8.15. The zero-order valence-electron chi connectivity index (χ0n) is 9.08. The Balaban J connectivity index is 2.02. The molecule has 1 heterocycles. The van der Waals surface area contributed by atoms with Crippen LogP contribution in [-0.2, 0) is 4.79 Å². The average Bonchev–Trinajstić information content (AvgIpc) is 3.06. The Morgan fingerprint density at radius 2 is 2.24 bits per heavy atom. The molecule has 3 rings (SSSR count). The summed E-state index contributed by atoms with van der Waals surface area (Å²) < 4.78 is 19.5. The smallest absolute Gasteiger partial charge is 0.265 e. The second-order valence-electron chi connectivity index (χ2n) is 4.47. The molecule has 17 heavy (non-hydrogen) atoms. The van der Waals surface area contributed by atoms with Gasteiger partial charge in [0.1, 0.15) is 0 Å². The number of amides is 1. The third kappa shape index (κ3) is 2.04. The van der Waals surface area contributed by atoms with E-state index in [1.54, 1.807) is 11.0 Å². The van der Waals surface area contributed by atoms with Gasteiger partial charge in [0.15, 0.2) is 18.2 Å². The van der Waals surface area contributed by atoms with Crippen LogP contribution in [0.25, 0.3) is 0 Å². The van der Waals surface area contributed by atoms with Crippen LogP contribution < -0.4 is 9.64 Å². The van der Waals surface area contributed by atoms with Gasteiger partial charge in [-0.1, -0.05) is 15.9 Å². The van der Waals surface area contributed by atoms with E-state index in [0.29, 0.717) is 22.6 Å². The topological polar surface area (TPSA) is 29.5 Å². The van der Waals surface area contributed by atoms with Crippen LogP contribution in [0.2, 0.25) is 0 Å². The van der Waals surface area contributed by atoms with Crippen molar-refractivity contribution in [2.45, 2.75) is 12.8 Å². The van der Waals surface area contributed by atoms with E-state index in [-0.39, 0.29) is 18.3 Å². The number of ether oxygens (including phenoxy) is 1. The van der Waals surface area contributed by atoms with E-state index in [2.05, 4.69) is 15.9 Å². The molecule has 2 aliphatic rings. The van der Waals surface area contributed by atoms with E-state index in [1.165, 1.54) is 6.07 Å². The fourth-order valence-electron chi connectivity index (χ4n) is 2.00. The van der Waals surface area contributed by atoms with E-state index in [0.717, 1.165) is 12.8 Å². The highest BCUT2D eigenvalue weighted by atomic mass is 79.9. The van der Waals surface area contributed by atoms with Crippen LogP contribution in [0.1, 0.15) is 12.8 Å². The molecule has 0 radical (unpaired) electrons. The molecule has 0 N–H and O–H groups in total. The Hall–Kier alpha value is -1.10. The predicted octanol–water partition coefficient (Wildman–Crippen LogP) is 2.72. The van der Waals surface area contributed by atoms with E-state index in [4.69, 9.17) is 4.74 Å². The number of anilines is 1. The Bertz CT molecular complexity index is 488. The van der Waals surface area contributed by atoms with Crippen LogP contribution in [0.3, 0.4) is 0 Å². The number of hydrogen-bond donors (Lipinski definition) is 0. The summed E-state index contributed by atoms with van der Waals surface area (Å²) >= 11 is 3.24. The lowest BCUT2D eigenvalue weighted by Crippen LogP contribution is -2.40. The van der Waals surface area contributed by atoms with Gasteiger partial charge in [-0.25, -0.2) is 4.39 Å². The van der Waals surface area contributed by atoms with Gasteiger partial charge >= 0.3 is 0 Å². The van der Waals surface area contributed by atoms with Crippen LogP contribution in [0.15, 0.2) is 16.6 Å². The third-order valence-corrected chi connectivity index (χ3v) is 3.52. The van der Waals surface area contributed by atoms with Gasteiger partial charge in [-0.15, -0.1) is 0 Å². The highest BCUT2D eigenvalue weighted by Crippen LogP contribution is 2.40. The van der Waals surface area contributed by atoms with Crippen molar-refractivity contribution in [3.05, 3.63) is 22.4 Å². The minimum absolute atomic E-state index is 0.0712. The van der Waals surface area contributed by atoms with Crippen LogP contribution in [-0.4, -0.2) is 19.1 Å². The first-order valence-electron chi connectivity index (χ1n) is 5.57. The second kappa shape index (κ2) is 3.98. The largest absolute Gasteiger partial charge is 0.478 e. The van der Waals surface area contributed by atoms with Crippen LogP contribution in [0.5, 0.6) is 5.75 Å². The van der Waals surface area contributed by atoms with Crippen LogP contribution >= 0.6 is 15.9 Å². The minimum atomic E-state index is -0.428. The molecule has 1 aromatic carbocycles. The summed E-state index contributed by atoms with van der Waals surface area (Å²) in [5, 5.41) is 0. The van der Waals surface area contributed by atoms with Crippen LogP contribution in [0.4, 0.5) is 10.1 Å². The maximum absolute atomic E-state index is 13.7. The van der Waals surface area contributed by atoms with E-state index in [9.17, 15) is 9.18 Å². The number of fused-ring (bicyclic) bond motifs is 1. The lowest BCUT2D eigenvalue weighted by molar-refractivity contribution is -0.121. The maximum atomic E-state index is 13.7. The van der Waals surface area contributed by atoms with Gasteiger partial charge in [0.05, 0.1) is 5.69 Å². The monoisotopic (exact) mass is 299 g/mol. The summed E-state index contributed by atoms with van der Waals surface area (Å²) in [5.74, 6) is 0.227. The summed E-state index contributed by atoms with van der Waals surface area (Å²) in [6, 6.07) is 3.09. The Morgan fingerprint density at radius 3 is 2.94 bits per heavy atom. The molecule has 1 amide bonds. The molecule has 0 aromatic heterocycles. The van der Waals surface area contributed by atoms with Crippen molar-refractivity contribution in [2.24, 2.45) is 5.92 Å². The Morgan fingerprint density at radius 1 is 1.47 bits per heavy atom. The third-order valence-electron chi connectivity index (χ3n) is 3.06. The van der Waals surface area contributed by atoms with Crippen molar-refractivity contribution in [3.8, 4) is 5.75 Å². The summed E-state index contributed by atoms with van der Waals surface area (Å²) in [6.45, 7) is 0.601. The lowest BCUT2D eigenvalue weighted by Gasteiger charge is -2.29. The summed E-state index contributed by atoms with van der Waals surface area (Å²) in [4.78, 5) is 13.4. The Kier molecular flexibility index (Phi) is 2.58. The number of nitrogens with zero attached hydrogens (tertiary/aromatic N) is 1. The standard InChI is InChI=1S/C12H11BrFNO2/c13-8-3-9(14)12-10(4-8)15(5-7-1-2-7)11(16)6-17-12/h3-4,7H,1-2,5-6H2. The van der Waals surface area contributed by atoms with Gasteiger partial charge in [0.25, 0.3) is 5.91 Å². The highest BCUT2D eigenvalue weighted by molar-refractivity contribution is 9.10. The van der Waals surface area contributed by atoms with Gasteiger partial charge in [-0.3, -0.25) is 4.79 Å². The molecule has 90 valence electrons. The van der Waals surface area contributed by atoms with Gasteiger partial charge in [0, 0.05) is 11.0 Å². The van der Waals surface area contributed by atoms with Crippen molar-refractivity contribution >= 4 is 27.5 Å². The molecule has 3 nitrogen and oxygen atoms in total. The Labute approximate surface area is 107 Å². The number of hydrogen-bond acceptors (Lipinski definition) is 2. The van der Waals surface area contributed by atoms with Crippen LogP contribution in [0, 0.1) is 11.7 Å². The second-order valence-corrected chi connectivity index (χ2v) is 5.39. The normalized spacial score (nSPS) is 18.9. The highest BCUT2D eigenvalue weighted by Gasteiger charge is 2.33. The zero-order valence-corrected chi connectivity index (χ0v) is 10.7. The molecule has 1 saturated carbocycles. The van der Waals surface area contributed by atoms with E-state index < -0.39 is 5.82 Å².